The van der Waals surface area contributed by atoms with Crippen LogP contribution in [0.15, 0.2) is 23.3 Å². The number of ether oxygens (including phenoxy) is 2. The first-order chi connectivity index (χ1) is 14.7. The molecule has 3 aliphatic rings. The van der Waals surface area contributed by atoms with E-state index < -0.39 is 0 Å². The molecule has 3 heterocycles. The monoisotopic (exact) mass is 543 g/mol. The van der Waals surface area contributed by atoms with Gasteiger partial charge in [0.1, 0.15) is 12.2 Å². The third-order valence-corrected chi connectivity index (χ3v) is 6.15. The molecule has 8 nitrogen and oxygen atoms in total. The van der Waals surface area contributed by atoms with E-state index in [1.165, 1.54) is 12.8 Å². The van der Waals surface area contributed by atoms with E-state index in [2.05, 4.69) is 26.3 Å². The van der Waals surface area contributed by atoms with Crippen molar-refractivity contribution in [2.75, 3.05) is 39.8 Å². The van der Waals surface area contributed by atoms with E-state index in [1.807, 2.05) is 17.2 Å². The van der Waals surface area contributed by atoms with Crippen LogP contribution in [0.2, 0.25) is 0 Å². The summed E-state index contributed by atoms with van der Waals surface area (Å²) >= 11 is 0. The third-order valence-electron chi connectivity index (χ3n) is 6.15. The Balaban J connectivity index is 0.00000272. The van der Waals surface area contributed by atoms with Gasteiger partial charge >= 0.3 is 0 Å². The molecule has 1 N–H and O–H groups in total. The average molecular weight is 543 g/mol. The van der Waals surface area contributed by atoms with E-state index in [4.69, 9.17) is 9.47 Å². The minimum absolute atomic E-state index is 0. The molecule has 0 aromatic carbocycles. The average Bonchev–Trinajstić information content (AvgIpc) is 3.50. The maximum absolute atomic E-state index is 12.5. The van der Waals surface area contributed by atoms with Gasteiger partial charge in [0.2, 0.25) is 5.88 Å². The summed E-state index contributed by atoms with van der Waals surface area (Å²) < 4.78 is 11.5. The van der Waals surface area contributed by atoms with Crippen molar-refractivity contribution in [3.8, 4) is 5.88 Å². The van der Waals surface area contributed by atoms with Crippen LogP contribution in [-0.4, -0.2) is 78.7 Å². The number of rotatable bonds is 5. The van der Waals surface area contributed by atoms with E-state index in [0.717, 1.165) is 50.3 Å². The molecule has 0 bridgehead atoms. The van der Waals surface area contributed by atoms with Crippen LogP contribution in [0, 0.1) is 0 Å². The second-order valence-electron chi connectivity index (χ2n) is 8.24. The van der Waals surface area contributed by atoms with Gasteiger partial charge in [0.05, 0.1) is 0 Å². The van der Waals surface area contributed by atoms with Crippen LogP contribution in [0.3, 0.4) is 0 Å². The Morgan fingerprint density at radius 3 is 2.52 bits per heavy atom. The van der Waals surface area contributed by atoms with E-state index >= 15 is 0 Å². The zero-order chi connectivity index (χ0) is 20.8. The quantitative estimate of drug-likeness (QED) is 0.349. The van der Waals surface area contributed by atoms with Gasteiger partial charge in [-0.2, -0.15) is 0 Å². The van der Waals surface area contributed by atoms with E-state index in [-0.39, 0.29) is 36.0 Å². The number of carbonyl (C=O) groups is 1. The number of nitrogens with one attached hydrogen (secondary N) is 1. The van der Waals surface area contributed by atoms with Crippen molar-refractivity contribution in [1.29, 1.82) is 0 Å². The van der Waals surface area contributed by atoms with Crippen LogP contribution in [0.1, 0.15) is 44.1 Å². The molecule has 1 unspecified atom stereocenters. The number of aromatic nitrogens is 1. The maximum atomic E-state index is 12.5. The number of carbonyl (C=O) groups excluding carboxylic acids is 1. The first kappa shape index (κ1) is 24.0. The number of pyridine rings is 1. The molecule has 0 radical (unpaired) electrons. The van der Waals surface area contributed by atoms with Gasteiger partial charge in [-0.1, -0.05) is 6.07 Å². The smallest absolute Gasteiger partial charge is 0.251 e. The summed E-state index contributed by atoms with van der Waals surface area (Å²) in [5.74, 6) is 1.70. The summed E-state index contributed by atoms with van der Waals surface area (Å²) in [6.07, 6.45) is 8.56. The predicted molar refractivity (Wildman–Crippen MR) is 130 cm³/mol. The molecule has 1 amide bonds. The fourth-order valence-corrected chi connectivity index (χ4v) is 4.39. The summed E-state index contributed by atoms with van der Waals surface area (Å²) in [6.45, 7) is 4.30. The standard InChI is InChI=1S/C22H33N5O3.HI/c1-23-22(27-12-10-26(11-13-27)21(28)19-7-4-14-29-19)25-16-17-8-9-20(24-15-17)30-18-5-2-3-6-18;/h8-9,15,18-19H,2-7,10-14,16H2,1H3,(H,23,25);1H. The first-order valence-electron chi connectivity index (χ1n) is 11.2. The van der Waals surface area contributed by atoms with Gasteiger partial charge < -0.3 is 24.6 Å². The predicted octanol–water partition coefficient (Wildman–Crippen LogP) is 2.42. The number of guanidine groups is 1. The molecule has 1 aliphatic carbocycles. The highest BCUT2D eigenvalue weighted by molar-refractivity contribution is 14.0. The fraction of sp³-hybridized carbons (Fsp3) is 0.682. The van der Waals surface area contributed by atoms with Crippen molar-refractivity contribution in [3.05, 3.63) is 23.9 Å². The molecule has 4 rings (SSSR count). The van der Waals surface area contributed by atoms with E-state index in [0.29, 0.717) is 38.2 Å². The molecule has 31 heavy (non-hydrogen) atoms. The van der Waals surface area contributed by atoms with E-state index in [1.54, 1.807) is 7.05 Å². The zero-order valence-corrected chi connectivity index (χ0v) is 20.6. The Kier molecular flexibility index (Phi) is 9.18. The van der Waals surface area contributed by atoms with Crippen LogP contribution < -0.4 is 10.1 Å². The highest BCUT2D eigenvalue weighted by Crippen LogP contribution is 2.23. The number of amides is 1. The first-order valence-corrected chi connectivity index (χ1v) is 11.2. The SMILES string of the molecule is CN=C(NCc1ccc(OC2CCCC2)nc1)N1CCN(C(=O)C2CCCO2)CC1.I. The number of aliphatic imine (C=N–C) groups is 1. The number of nitrogens with zero attached hydrogens (tertiary/aromatic N) is 4. The van der Waals surface area contributed by atoms with Gasteiger partial charge in [-0.05, 0) is 44.1 Å². The maximum Gasteiger partial charge on any atom is 0.251 e. The molecule has 3 fully saturated rings. The summed E-state index contributed by atoms with van der Waals surface area (Å²) in [4.78, 5) is 25.5. The molecule has 1 aromatic heterocycles. The molecule has 1 aromatic rings. The Bertz CT molecular complexity index is 725. The lowest BCUT2D eigenvalue weighted by Gasteiger charge is -2.37. The lowest BCUT2D eigenvalue weighted by atomic mass is 10.2. The summed E-state index contributed by atoms with van der Waals surface area (Å²) in [5, 5.41) is 3.41. The molecular weight excluding hydrogens is 509 g/mol. The molecule has 1 atom stereocenters. The molecular formula is C22H34IN5O3. The van der Waals surface area contributed by atoms with Gasteiger partial charge in [0.25, 0.3) is 5.91 Å². The van der Waals surface area contributed by atoms with Crippen molar-refractivity contribution < 1.29 is 14.3 Å². The zero-order valence-electron chi connectivity index (χ0n) is 18.3. The van der Waals surface area contributed by atoms with Crippen LogP contribution >= 0.6 is 24.0 Å². The lowest BCUT2D eigenvalue weighted by Crippen LogP contribution is -2.55. The summed E-state index contributed by atoms with van der Waals surface area (Å²) in [6, 6.07) is 4.00. The van der Waals surface area contributed by atoms with Gasteiger partial charge in [-0.3, -0.25) is 9.79 Å². The van der Waals surface area contributed by atoms with Gasteiger partial charge in [-0.25, -0.2) is 4.98 Å². The van der Waals surface area contributed by atoms with Crippen LogP contribution in [-0.2, 0) is 16.1 Å². The van der Waals surface area contributed by atoms with Gasteiger partial charge in [0, 0.05) is 58.6 Å². The van der Waals surface area contributed by atoms with Crippen molar-refractivity contribution in [2.45, 2.75) is 57.3 Å². The third kappa shape index (κ3) is 6.44. The lowest BCUT2D eigenvalue weighted by molar-refractivity contribution is -0.142. The minimum Gasteiger partial charge on any atom is -0.474 e. The second-order valence-corrected chi connectivity index (χ2v) is 8.24. The number of piperazine rings is 1. The fourth-order valence-electron chi connectivity index (χ4n) is 4.39. The molecule has 1 saturated carbocycles. The molecule has 2 saturated heterocycles. The molecule has 172 valence electrons. The second kappa shape index (κ2) is 11.8. The Hall–Kier alpha value is -1.62. The highest BCUT2D eigenvalue weighted by Gasteiger charge is 2.30. The Morgan fingerprint density at radius 1 is 1.16 bits per heavy atom. The molecule has 9 heteroatoms. The van der Waals surface area contributed by atoms with Crippen molar-refractivity contribution in [1.82, 2.24) is 20.1 Å². The Morgan fingerprint density at radius 2 is 1.90 bits per heavy atom. The van der Waals surface area contributed by atoms with Crippen LogP contribution in [0.5, 0.6) is 5.88 Å². The van der Waals surface area contributed by atoms with Gasteiger partial charge in [-0.15, -0.1) is 24.0 Å². The highest BCUT2D eigenvalue weighted by atomic mass is 127. The normalized spacial score (nSPS) is 22.4. The minimum atomic E-state index is -0.234. The molecule has 0 spiro atoms. The summed E-state index contributed by atoms with van der Waals surface area (Å²) in [5.41, 5.74) is 1.09. The van der Waals surface area contributed by atoms with E-state index in [9.17, 15) is 4.79 Å². The largest absolute Gasteiger partial charge is 0.474 e. The van der Waals surface area contributed by atoms with Gasteiger partial charge in [0.15, 0.2) is 5.96 Å². The van der Waals surface area contributed by atoms with Crippen molar-refractivity contribution >= 4 is 35.8 Å². The molecule has 2 aliphatic heterocycles. The van der Waals surface area contributed by atoms with Crippen LogP contribution in [0.4, 0.5) is 0 Å². The number of halogens is 1. The van der Waals surface area contributed by atoms with Crippen molar-refractivity contribution in [2.24, 2.45) is 4.99 Å². The van der Waals surface area contributed by atoms with Crippen LogP contribution in [0.25, 0.3) is 0 Å². The topological polar surface area (TPSA) is 79.3 Å². The van der Waals surface area contributed by atoms with Crippen molar-refractivity contribution in [3.63, 3.8) is 0 Å². The Labute approximate surface area is 201 Å². The summed E-state index contributed by atoms with van der Waals surface area (Å²) in [7, 11) is 1.79. The number of hydrogen-bond donors (Lipinski definition) is 1. The number of hydrogen-bond acceptors (Lipinski definition) is 5.